The highest BCUT2D eigenvalue weighted by Crippen LogP contribution is 2.33. The van der Waals surface area contributed by atoms with Crippen LogP contribution in [-0.4, -0.2) is 35.7 Å². The van der Waals surface area contributed by atoms with Crippen molar-refractivity contribution in [3.05, 3.63) is 21.3 Å². The van der Waals surface area contributed by atoms with E-state index in [4.69, 9.17) is 19.8 Å². The zero-order valence-electron chi connectivity index (χ0n) is 9.59. The van der Waals surface area contributed by atoms with E-state index in [0.717, 1.165) is 0 Å². The molecule has 0 aliphatic rings. The first-order valence-corrected chi connectivity index (χ1v) is 6.14. The molecule has 6 nitrogen and oxygen atoms in total. The number of oxime groups is 1. The maximum atomic E-state index is 10.5. The molecule has 1 aromatic carbocycles. The van der Waals surface area contributed by atoms with Crippen molar-refractivity contribution in [2.45, 2.75) is 6.92 Å². The van der Waals surface area contributed by atoms with E-state index in [1.165, 1.54) is 6.21 Å². The van der Waals surface area contributed by atoms with Gasteiger partial charge in [-0.05, 0) is 41.6 Å². The van der Waals surface area contributed by atoms with E-state index in [1.807, 2.05) is 22.6 Å². The lowest BCUT2D eigenvalue weighted by Gasteiger charge is -2.13. The first kappa shape index (κ1) is 14.6. The highest BCUT2D eigenvalue weighted by atomic mass is 127. The number of rotatable bonds is 6. The molecular weight excluding hydrogens is 353 g/mol. The summed E-state index contributed by atoms with van der Waals surface area (Å²) in [6.45, 7) is 1.78. The van der Waals surface area contributed by atoms with E-state index in [-0.39, 0.29) is 0 Å². The molecule has 0 bridgehead atoms. The summed E-state index contributed by atoms with van der Waals surface area (Å²) in [6, 6.07) is 3.31. The van der Waals surface area contributed by atoms with E-state index in [2.05, 4.69) is 5.16 Å². The van der Waals surface area contributed by atoms with Crippen molar-refractivity contribution in [1.29, 1.82) is 0 Å². The maximum Gasteiger partial charge on any atom is 0.341 e. The Morgan fingerprint density at radius 2 is 2.22 bits per heavy atom. The van der Waals surface area contributed by atoms with E-state index in [9.17, 15) is 4.79 Å². The number of nitrogens with zero attached hydrogens (tertiary/aromatic N) is 1. The van der Waals surface area contributed by atoms with Crippen molar-refractivity contribution in [2.24, 2.45) is 5.16 Å². The van der Waals surface area contributed by atoms with Gasteiger partial charge in [-0.3, -0.25) is 0 Å². The minimum absolute atomic E-state index is 0.370. The zero-order valence-corrected chi connectivity index (χ0v) is 11.7. The third kappa shape index (κ3) is 4.06. The molecule has 0 amide bonds. The Kier molecular flexibility index (Phi) is 5.69. The van der Waals surface area contributed by atoms with Crippen LogP contribution in [0.2, 0.25) is 0 Å². The molecule has 0 saturated carbocycles. The summed E-state index contributed by atoms with van der Waals surface area (Å²) in [4.78, 5) is 10.5. The molecule has 1 aromatic rings. The van der Waals surface area contributed by atoms with Crippen molar-refractivity contribution >= 4 is 34.8 Å². The van der Waals surface area contributed by atoms with Gasteiger partial charge >= 0.3 is 5.97 Å². The molecule has 7 heteroatoms. The fourth-order valence-corrected chi connectivity index (χ4v) is 2.05. The normalized spacial score (nSPS) is 10.6. The topological polar surface area (TPSA) is 88.4 Å². The fourth-order valence-electron chi connectivity index (χ4n) is 1.27. The maximum absolute atomic E-state index is 10.5. The van der Waals surface area contributed by atoms with Crippen molar-refractivity contribution < 1.29 is 24.6 Å². The van der Waals surface area contributed by atoms with Crippen LogP contribution >= 0.6 is 22.6 Å². The van der Waals surface area contributed by atoms with Gasteiger partial charge in [0.1, 0.15) is 0 Å². The minimum atomic E-state index is -1.06. The van der Waals surface area contributed by atoms with Gasteiger partial charge in [0.2, 0.25) is 0 Å². The van der Waals surface area contributed by atoms with E-state index in [1.54, 1.807) is 19.1 Å². The van der Waals surface area contributed by atoms with Crippen LogP contribution < -0.4 is 9.47 Å². The molecule has 0 unspecified atom stereocenters. The fraction of sp³-hybridized carbons (Fsp3) is 0.273. The molecule has 0 heterocycles. The lowest BCUT2D eigenvalue weighted by Crippen LogP contribution is -2.11. The number of carboxylic acids is 1. The Morgan fingerprint density at radius 1 is 1.50 bits per heavy atom. The summed E-state index contributed by atoms with van der Waals surface area (Å²) >= 11 is 2.00. The average molecular weight is 365 g/mol. The third-order valence-electron chi connectivity index (χ3n) is 1.88. The minimum Gasteiger partial charge on any atom is -0.490 e. The number of benzene rings is 1. The average Bonchev–Trinajstić information content (AvgIpc) is 2.28. The van der Waals surface area contributed by atoms with Crippen LogP contribution in [0.4, 0.5) is 0 Å². The number of carboxylic acid groups (broad SMARTS) is 1. The SMILES string of the molecule is CCOc1cc(/C=N/O)cc(I)c1OCC(=O)O. The molecule has 98 valence electrons. The Labute approximate surface area is 117 Å². The number of carbonyl (C=O) groups is 1. The Hall–Kier alpha value is -1.51. The smallest absolute Gasteiger partial charge is 0.341 e. The lowest BCUT2D eigenvalue weighted by atomic mass is 10.2. The van der Waals surface area contributed by atoms with Crippen molar-refractivity contribution in [3.63, 3.8) is 0 Å². The largest absolute Gasteiger partial charge is 0.490 e. The van der Waals surface area contributed by atoms with Crippen LogP contribution in [-0.2, 0) is 4.79 Å². The summed E-state index contributed by atoms with van der Waals surface area (Å²) in [7, 11) is 0. The standard InChI is InChI=1S/C11H12INO5/c1-2-17-9-4-7(5-13-16)3-8(12)11(9)18-6-10(14)15/h3-5,16H,2,6H2,1H3,(H,14,15)/b13-5+. The molecule has 0 atom stereocenters. The number of halogens is 1. The number of hydrogen-bond donors (Lipinski definition) is 2. The van der Waals surface area contributed by atoms with Gasteiger partial charge < -0.3 is 19.8 Å². The van der Waals surface area contributed by atoms with Crippen molar-refractivity contribution in [1.82, 2.24) is 0 Å². The quantitative estimate of drug-likeness (QED) is 0.348. The monoisotopic (exact) mass is 365 g/mol. The van der Waals surface area contributed by atoms with Gasteiger partial charge in [0, 0.05) is 5.56 Å². The second-order valence-corrected chi connectivity index (χ2v) is 4.35. The molecule has 0 radical (unpaired) electrons. The number of ether oxygens (including phenoxy) is 2. The van der Waals surface area contributed by atoms with Crippen molar-refractivity contribution in [3.8, 4) is 11.5 Å². The van der Waals surface area contributed by atoms with E-state index < -0.39 is 12.6 Å². The van der Waals surface area contributed by atoms with Gasteiger partial charge in [-0.2, -0.15) is 0 Å². The lowest BCUT2D eigenvalue weighted by molar-refractivity contribution is -0.139. The molecular formula is C11H12INO5. The Morgan fingerprint density at radius 3 is 2.78 bits per heavy atom. The molecule has 1 rings (SSSR count). The van der Waals surface area contributed by atoms with Crippen molar-refractivity contribution in [2.75, 3.05) is 13.2 Å². The van der Waals surface area contributed by atoms with Crippen LogP contribution in [0.1, 0.15) is 12.5 Å². The Balaban J connectivity index is 3.09. The molecule has 2 N–H and O–H groups in total. The van der Waals surface area contributed by atoms with Gasteiger partial charge in [-0.15, -0.1) is 0 Å². The molecule has 18 heavy (non-hydrogen) atoms. The third-order valence-corrected chi connectivity index (χ3v) is 2.68. The molecule has 0 saturated heterocycles. The van der Waals surface area contributed by atoms with Gasteiger partial charge in [0.05, 0.1) is 16.4 Å². The van der Waals surface area contributed by atoms with Crippen LogP contribution in [0.5, 0.6) is 11.5 Å². The van der Waals surface area contributed by atoms with Gasteiger partial charge in [-0.25, -0.2) is 4.79 Å². The second kappa shape index (κ2) is 7.04. The summed E-state index contributed by atoms with van der Waals surface area (Å²) in [6.07, 6.45) is 1.26. The van der Waals surface area contributed by atoms with Crippen LogP contribution in [0.15, 0.2) is 17.3 Å². The molecule has 0 aliphatic carbocycles. The zero-order chi connectivity index (χ0) is 13.5. The van der Waals surface area contributed by atoms with Crippen LogP contribution in [0.3, 0.4) is 0 Å². The van der Waals surface area contributed by atoms with E-state index >= 15 is 0 Å². The summed E-state index contributed by atoms with van der Waals surface area (Å²) in [5, 5.41) is 20.0. The molecule has 0 fully saturated rings. The summed E-state index contributed by atoms with van der Waals surface area (Å²) < 4.78 is 11.2. The van der Waals surface area contributed by atoms with Crippen LogP contribution in [0, 0.1) is 3.57 Å². The highest BCUT2D eigenvalue weighted by molar-refractivity contribution is 14.1. The van der Waals surface area contributed by atoms with Crippen LogP contribution in [0.25, 0.3) is 0 Å². The van der Waals surface area contributed by atoms with Gasteiger partial charge in [0.25, 0.3) is 0 Å². The van der Waals surface area contributed by atoms with Gasteiger partial charge in [0.15, 0.2) is 18.1 Å². The van der Waals surface area contributed by atoms with Gasteiger partial charge in [-0.1, -0.05) is 5.16 Å². The second-order valence-electron chi connectivity index (χ2n) is 3.19. The predicted molar refractivity (Wildman–Crippen MR) is 72.8 cm³/mol. The first-order chi connectivity index (χ1) is 8.58. The van der Waals surface area contributed by atoms with E-state index in [0.29, 0.717) is 27.2 Å². The highest BCUT2D eigenvalue weighted by Gasteiger charge is 2.13. The first-order valence-electron chi connectivity index (χ1n) is 5.06. The molecule has 0 aromatic heterocycles. The Bertz CT molecular complexity index is 461. The number of aliphatic carboxylic acids is 1. The molecule has 0 aliphatic heterocycles. The summed E-state index contributed by atoms with van der Waals surface area (Å²) in [5.41, 5.74) is 0.632. The predicted octanol–water partition coefficient (Wildman–Crippen LogP) is 1.96. The number of hydrogen-bond acceptors (Lipinski definition) is 5. The molecule has 0 spiro atoms. The summed E-state index contributed by atoms with van der Waals surface area (Å²) in [5.74, 6) is -0.273.